The van der Waals surface area contributed by atoms with Gasteiger partial charge in [0.1, 0.15) is 55.4 Å². The Labute approximate surface area is 331 Å². The number of carbonyl (C=O) groups excluding carboxylic acids is 2. The first-order valence-electron chi connectivity index (χ1n) is 20.2. The minimum atomic E-state index is -1.77. The number of hydrogen-bond donors (Lipinski definition) is 7. The highest BCUT2D eigenvalue weighted by molar-refractivity contribution is 5.70. The summed E-state index contributed by atoms with van der Waals surface area (Å²) in [5, 5.41) is 71.5. The molecule has 15 nitrogen and oxygen atoms in total. The summed E-state index contributed by atoms with van der Waals surface area (Å²) >= 11 is 0. The molecule has 56 heavy (non-hydrogen) atoms. The van der Waals surface area contributed by atoms with Crippen LogP contribution in [0.5, 0.6) is 0 Å². The number of ether oxygens (including phenoxy) is 6. The van der Waals surface area contributed by atoms with Crippen molar-refractivity contribution in [3.05, 3.63) is 48.6 Å². The number of allylic oxidation sites excluding steroid dienone is 8. The Morgan fingerprint density at radius 2 is 1.12 bits per heavy atom. The molecule has 0 bridgehead atoms. The molecular weight excluding hydrogens is 732 g/mol. The molecule has 2 heterocycles. The predicted octanol–water partition coefficient (Wildman–Crippen LogP) is 2.81. The third-order valence-corrected chi connectivity index (χ3v) is 9.32. The minimum Gasteiger partial charge on any atom is -0.462 e. The van der Waals surface area contributed by atoms with E-state index in [2.05, 4.69) is 62.5 Å². The SMILES string of the molecule is CC/C=C\C/C=C\C/C=C\C/C=C\CCCCC(=O)OC(COC(=O)CCCCCCC)COC1OC(COC2OC(CO)C(O)C(O)C2O)C(O)C(O)C1O. The summed E-state index contributed by atoms with van der Waals surface area (Å²) in [7, 11) is 0. The fraction of sp³-hybridized carbons (Fsp3) is 0.756. The standard InChI is InChI=1S/C41H68O15/c1-3-5-7-9-10-11-12-13-14-15-16-17-18-20-22-24-33(44)54-29(26-51-32(43)23-21-19-8-6-4-2)27-52-40-39(50)37(48)35(46)31(56-40)28-53-41-38(49)36(47)34(45)30(25-42)55-41/h5,7,10-11,13-14,16-17,29-31,34-42,45-50H,3-4,6,8-9,12,15,18-28H2,1-2H3/b7-5-,11-10-,14-13-,17-16-. The molecule has 2 aliphatic heterocycles. The second-order valence-electron chi connectivity index (χ2n) is 14.1. The maximum atomic E-state index is 12.8. The van der Waals surface area contributed by atoms with Gasteiger partial charge >= 0.3 is 11.9 Å². The van der Waals surface area contributed by atoms with Crippen LogP contribution in [0.3, 0.4) is 0 Å². The van der Waals surface area contributed by atoms with Crippen molar-refractivity contribution < 1.29 is 73.8 Å². The van der Waals surface area contributed by atoms with Crippen LogP contribution in [-0.2, 0) is 38.0 Å². The first-order valence-corrected chi connectivity index (χ1v) is 20.2. The summed E-state index contributed by atoms with van der Waals surface area (Å²) < 4.78 is 33.1. The van der Waals surface area contributed by atoms with E-state index in [0.29, 0.717) is 12.8 Å². The largest absolute Gasteiger partial charge is 0.462 e. The van der Waals surface area contributed by atoms with Gasteiger partial charge in [-0.25, -0.2) is 0 Å². The molecule has 11 atom stereocenters. The molecule has 0 amide bonds. The molecule has 2 saturated heterocycles. The van der Waals surface area contributed by atoms with Gasteiger partial charge in [0.2, 0.25) is 0 Å². The Kier molecular flexibility index (Phi) is 26.3. The van der Waals surface area contributed by atoms with Crippen LogP contribution in [0.1, 0.15) is 104 Å². The molecular formula is C41H68O15. The Balaban J connectivity index is 1.89. The topological polar surface area (TPSA) is 231 Å². The lowest BCUT2D eigenvalue weighted by Gasteiger charge is -2.42. The average molecular weight is 801 g/mol. The molecule has 0 aromatic rings. The smallest absolute Gasteiger partial charge is 0.306 e. The van der Waals surface area contributed by atoms with E-state index in [-0.39, 0.29) is 19.4 Å². The zero-order valence-corrected chi connectivity index (χ0v) is 33.1. The maximum Gasteiger partial charge on any atom is 0.306 e. The molecule has 2 aliphatic rings. The van der Waals surface area contributed by atoms with Crippen LogP contribution in [0, 0.1) is 0 Å². The number of aliphatic hydroxyl groups is 7. The van der Waals surface area contributed by atoms with E-state index in [1.165, 1.54) is 0 Å². The number of hydrogen-bond acceptors (Lipinski definition) is 15. The zero-order valence-electron chi connectivity index (χ0n) is 33.1. The molecule has 2 fully saturated rings. The maximum absolute atomic E-state index is 12.8. The number of unbranched alkanes of at least 4 members (excludes halogenated alkanes) is 6. The average Bonchev–Trinajstić information content (AvgIpc) is 3.19. The second kappa shape index (κ2) is 29.6. The van der Waals surface area contributed by atoms with Crippen LogP contribution in [0.25, 0.3) is 0 Å². The fourth-order valence-corrected chi connectivity index (χ4v) is 5.91. The summed E-state index contributed by atoms with van der Waals surface area (Å²) in [5.41, 5.74) is 0. The van der Waals surface area contributed by atoms with Crippen molar-refractivity contribution in [2.75, 3.05) is 26.4 Å². The van der Waals surface area contributed by atoms with E-state index in [0.717, 1.165) is 64.2 Å². The second-order valence-corrected chi connectivity index (χ2v) is 14.1. The summed E-state index contributed by atoms with van der Waals surface area (Å²) in [4.78, 5) is 25.3. The van der Waals surface area contributed by atoms with Gasteiger partial charge in [-0.05, 0) is 51.4 Å². The monoisotopic (exact) mass is 800 g/mol. The van der Waals surface area contributed by atoms with Gasteiger partial charge in [0.25, 0.3) is 0 Å². The molecule has 0 aliphatic carbocycles. The first-order chi connectivity index (χ1) is 27.0. The zero-order chi connectivity index (χ0) is 41.1. The van der Waals surface area contributed by atoms with Crippen LogP contribution in [0.15, 0.2) is 48.6 Å². The van der Waals surface area contributed by atoms with Crippen molar-refractivity contribution in [1.82, 2.24) is 0 Å². The van der Waals surface area contributed by atoms with Crippen molar-refractivity contribution in [3.8, 4) is 0 Å². The van der Waals surface area contributed by atoms with Crippen molar-refractivity contribution in [1.29, 1.82) is 0 Å². The Morgan fingerprint density at radius 1 is 0.589 bits per heavy atom. The van der Waals surface area contributed by atoms with E-state index in [1.807, 2.05) is 0 Å². The van der Waals surface area contributed by atoms with Gasteiger partial charge in [0.15, 0.2) is 18.7 Å². The van der Waals surface area contributed by atoms with Crippen LogP contribution in [0.4, 0.5) is 0 Å². The Bertz CT molecular complexity index is 1170. The Hall–Kier alpha value is -2.54. The van der Waals surface area contributed by atoms with Crippen LogP contribution in [0.2, 0.25) is 0 Å². The first kappa shape index (κ1) is 49.6. The molecule has 2 rings (SSSR count). The highest BCUT2D eigenvalue weighted by Crippen LogP contribution is 2.26. The number of aliphatic hydroxyl groups excluding tert-OH is 7. The lowest BCUT2D eigenvalue weighted by Crippen LogP contribution is -2.61. The molecule has 322 valence electrons. The number of esters is 2. The van der Waals surface area contributed by atoms with Gasteiger partial charge in [0.05, 0.1) is 19.8 Å². The van der Waals surface area contributed by atoms with E-state index in [9.17, 15) is 45.3 Å². The highest BCUT2D eigenvalue weighted by Gasteiger charge is 2.47. The van der Waals surface area contributed by atoms with E-state index in [4.69, 9.17) is 28.4 Å². The highest BCUT2D eigenvalue weighted by atomic mass is 16.7. The van der Waals surface area contributed by atoms with Crippen LogP contribution in [-0.4, -0.2) is 142 Å². The summed E-state index contributed by atoms with van der Waals surface area (Å²) in [6, 6.07) is 0. The molecule has 0 aromatic heterocycles. The third kappa shape index (κ3) is 19.3. The normalized spacial score (nSPS) is 29.2. The van der Waals surface area contributed by atoms with Crippen molar-refractivity contribution in [3.63, 3.8) is 0 Å². The molecule has 0 saturated carbocycles. The number of carbonyl (C=O) groups is 2. The third-order valence-electron chi connectivity index (χ3n) is 9.32. The van der Waals surface area contributed by atoms with Gasteiger partial charge in [-0.1, -0.05) is 88.1 Å². The van der Waals surface area contributed by atoms with Crippen LogP contribution < -0.4 is 0 Å². The lowest BCUT2D eigenvalue weighted by atomic mass is 9.98. The fourth-order valence-electron chi connectivity index (χ4n) is 5.91. The number of rotatable bonds is 28. The summed E-state index contributed by atoms with van der Waals surface area (Å²) in [6.07, 6.45) is 10.9. The summed E-state index contributed by atoms with van der Waals surface area (Å²) in [5.74, 6) is -0.996. The van der Waals surface area contributed by atoms with Gasteiger partial charge in [-0.3, -0.25) is 9.59 Å². The van der Waals surface area contributed by atoms with E-state index in [1.54, 1.807) is 0 Å². The minimum absolute atomic E-state index is 0.111. The predicted molar refractivity (Wildman–Crippen MR) is 206 cm³/mol. The van der Waals surface area contributed by atoms with Gasteiger partial charge in [-0.2, -0.15) is 0 Å². The molecule has 0 spiro atoms. The van der Waals surface area contributed by atoms with Crippen molar-refractivity contribution in [2.45, 2.75) is 171 Å². The van der Waals surface area contributed by atoms with Crippen molar-refractivity contribution in [2.24, 2.45) is 0 Å². The molecule has 7 N–H and O–H groups in total. The summed E-state index contributed by atoms with van der Waals surface area (Å²) in [6.45, 7) is 2.27. The molecule has 11 unspecified atom stereocenters. The van der Waals surface area contributed by atoms with Crippen molar-refractivity contribution >= 4 is 11.9 Å². The Morgan fingerprint density at radius 3 is 1.75 bits per heavy atom. The van der Waals surface area contributed by atoms with Gasteiger partial charge in [0, 0.05) is 12.8 Å². The molecule has 0 radical (unpaired) electrons. The lowest BCUT2D eigenvalue weighted by molar-refractivity contribution is -0.332. The van der Waals surface area contributed by atoms with E-state index >= 15 is 0 Å². The molecule has 0 aromatic carbocycles. The van der Waals surface area contributed by atoms with E-state index < -0.39 is 99.3 Å². The molecule has 15 heteroatoms. The van der Waals surface area contributed by atoms with Crippen LogP contribution >= 0.6 is 0 Å². The van der Waals surface area contributed by atoms with Gasteiger partial charge in [-0.15, -0.1) is 0 Å². The van der Waals surface area contributed by atoms with Gasteiger partial charge < -0.3 is 64.2 Å². The quantitative estimate of drug-likeness (QED) is 0.0343.